The Hall–Kier alpha value is -2.26. The summed E-state index contributed by atoms with van der Waals surface area (Å²) in [4.78, 5) is 6.56. The molecular formula is C15H18F2N4O3. The summed E-state index contributed by atoms with van der Waals surface area (Å²) in [5.74, 6) is 0.994. The van der Waals surface area contributed by atoms with E-state index >= 15 is 0 Å². The van der Waals surface area contributed by atoms with Gasteiger partial charge in [0.15, 0.2) is 17.3 Å². The maximum Gasteiger partial charge on any atom is 0.387 e. The van der Waals surface area contributed by atoms with E-state index in [0.717, 1.165) is 19.6 Å². The van der Waals surface area contributed by atoms with E-state index in [-0.39, 0.29) is 17.5 Å². The van der Waals surface area contributed by atoms with Crippen molar-refractivity contribution >= 4 is 0 Å². The number of ether oxygens (including phenoxy) is 2. The molecule has 3 rings (SSSR count). The minimum absolute atomic E-state index is 0.0274. The van der Waals surface area contributed by atoms with Gasteiger partial charge in [0.05, 0.1) is 13.2 Å². The highest BCUT2D eigenvalue weighted by Crippen LogP contribution is 2.33. The second kappa shape index (κ2) is 7.10. The van der Waals surface area contributed by atoms with Crippen LogP contribution in [-0.4, -0.2) is 55.4 Å². The Morgan fingerprint density at radius 2 is 2.21 bits per heavy atom. The van der Waals surface area contributed by atoms with Crippen LogP contribution < -0.4 is 14.8 Å². The number of piperazine rings is 1. The van der Waals surface area contributed by atoms with Gasteiger partial charge in [0.2, 0.25) is 0 Å². The second-order valence-electron chi connectivity index (χ2n) is 5.40. The molecule has 1 fully saturated rings. The summed E-state index contributed by atoms with van der Waals surface area (Å²) < 4.78 is 39.6. The monoisotopic (exact) mass is 340 g/mol. The zero-order valence-electron chi connectivity index (χ0n) is 13.3. The normalized spacial score (nSPS) is 18.8. The molecule has 0 amide bonds. The number of nitrogens with one attached hydrogen (secondary N) is 1. The molecule has 0 spiro atoms. The maximum absolute atomic E-state index is 12.4. The number of benzene rings is 1. The van der Waals surface area contributed by atoms with Gasteiger partial charge in [-0.15, -0.1) is 0 Å². The van der Waals surface area contributed by atoms with Crippen molar-refractivity contribution in [3.63, 3.8) is 0 Å². The molecule has 1 aliphatic heterocycles. The molecule has 130 valence electrons. The molecule has 2 heterocycles. The van der Waals surface area contributed by atoms with Gasteiger partial charge in [-0.3, -0.25) is 4.90 Å². The Morgan fingerprint density at radius 3 is 2.92 bits per heavy atom. The molecule has 1 aromatic heterocycles. The lowest BCUT2D eigenvalue weighted by molar-refractivity contribution is -0.0512. The fourth-order valence-electron chi connectivity index (χ4n) is 2.58. The summed E-state index contributed by atoms with van der Waals surface area (Å²) in [6.07, 6.45) is 0. The van der Waals surface area contributed by atoms with E-state index in [1.54, 1.807) is 6.07 Å². The number of likely N-dealkylation sites (N-methyl/N-ethyl adjacent to an activating group) is 1. The third kappa shape index (κ3) is 3.46. The average Bonchev–Trinajstić information content (AvgIpc) is 3.05. The van der Waals surface area contributed by atoms with Gasteiger partial charge in [0, 0.05) is 25.2 Å². The standard InChI is InChI=1S/C15H18F2N4O3/c1-21-6-5-18-8-10(21)13-19-14(24-20-13)9-3-4-11(23-15(16)17)12(7-9)22-2/h3-4,7,10,15,18H,5-6,8H2,1-2H3. The molecule has 0 saturated carbocycles. The first-order chi connectivity index (χ1) is 11.6. The van der Waals surface area contributed by atoms with Gasteiger partial charge in [-0.2, -0.15) is 13.8 Å². The van der Waals surface area contributed by atoms with Crippen molar-refractivity contribution in [1.29, 1.82) is 0 Å². The van der Waals surface area contributed by atoms with Crippen LogP contribution in [0.3, 0.4) is 0 Å². The molecule has 2 aromatic rings. The lowest BCUT2D eigenvalue weighted by Crippen LogP contribution is -2.44. The summed E-state index contributed by atoms with van der Waals surface area (Å²) in [6.45, 7) is -0.378. The summed E-state index contributed by atoms with van der Waals surface area (Å²) >= 11 is 0. The van der Waals surface area contributed by atoms with Crippen LogP contribution >= 0.6 is 0 Å². The summed E-state index contributed by atoms with van der Waals surface area (Å²) in [5.41, 5.74) is 0.568. The van der Waals surface area contributed by atoms with E-state index in [4.69, 9.17) is 9.26 Å². The Bertz CT molecular complexity index is 695. The lowest BCUT2D eigenvalue weighted by atomic mass is 10.2. The smallest absolute Gasteiger partial charge is 0.387 e. The predicted octanol–water partition coefficient (Wildman–Crippen LogP) is 1.92. The van der Waals surface area contributed by atoms with Crippen LogP contribution in [-0.2, 0) is 0 Å². The van der Waals surface area contributed by atoms with Crippen molar-refractivity contribution in [3.8, 4) is 23.0 Å². The molecule has 1 N–H and O–H groups in total. The van der Waals surface area contributed by atoms with Crippen LogP contribution in [0.25, 0.3) is 11.5 Å². The van der Waals surface area contributed by atoms with Gasteiger partial charge in [0.1, 0.15) is 0 Å². The zero-order valence-corrected chi connectivity index (χ0v) is 13.3. The van der Waals surface area contributed by atoms with Crippen molar-refractivity contribution in [2.45, 2.75) is 12.7 Å². The van der Waals surface area contributed by atoms with E-state index in [2.05, 4.69) is 25.1 Å². The first-order valence-corrected chi connectivity index (χ1v) is 7.46. The summed E-state index contributed by atoms with van der Waals surface area (Å²) in [7, 11) is 3.38. The fourth-order valence-corrected chi connectivity index (χ4v) is 2.58. The number of rotatable bonds is 5. The van der Waals surface area contributed by atoms with E-state index in [1.807, 2.05) is 7.05 Å². The molecule has 0 radical (unpaired) electrons. The highest BCUT2D eigenvalue weighted by atomic mass is 19.3. The van der Waals surface area contributed by atoms with Gasteiger partial charge in [-0.1, -0.05) is 5.16 Å². The van der Waals surface area contributed by atoms with Gasteiger partial charge < -0.3 is 19.3 Å². The Morgan fingerprint density at radius 1 is 1.38 bits per heavy atom. The minimum atomic E-state index is -2.92. The number of nitrogens with zero attached hydrogens (tertiary/aromatic N) is 3. The minimum Gasteiger partial charge on any atom is -0.493 e. The van der Waals surface area contributed by atoms with Crippen molar-refractivity contribution in [3.05, 3.63) is 24.0 Å². The number of halogens is 2. The SMILES string of the molecule is COc1cc(-c2nc(C3CNCCN3C)no2)ccc1OC(F)F. The van der Waals surface area contributed by atoms with Crippen molar-refractivity contribution in [2.24, 2.45) is 0 Å². The highest BCUT2D eigenvalue weighted by Gasteiger charge is 2.25. The van der Waals surface area contributed by atoms with E-state index in [9.17, 15) is 8.78 Å². The predicted molar refractivity (Wildman–Crippen MR) is 81.2 cm³/mol. The van der Waals surface area contributed by atoms with E-state index < -0.39 is 6.61 Å². The Labute approximate surface area is 137 Å². The molecular weight excluding hydrogens is 322 g/mol. The van der Waals surface area contributed by atoms with Crippen LogP contribution in [0.2, 0.25) is 0 Å². The fraction of sp³-hybridized carbons (Fsp3) is 0.467. The van der Waals surface area contributed by atoms with Crippen molar-refractivity contribution < 1.29 is 22.8 Å². The van der Waals surface area contributed by atoms with Crippen molar-refractivity contribution in [1.82, 2.24) is 20.4 Å². The Kier molecular flexibility index (Phi) is 4.91. The van der Waals surface area contributed by atoms with Gasteiger partial charge in [-0.05, 0) is 25.2 Å². The second-order valence-corrected chi connectivity index (χ2v) is 5.40. The zero-order chi connectivity index (χ0) is 17.1. The molecule has 1 atom stereocenters. The highest BCUT2D eigenvalue weighted by molar-refractivity contribution is 5.59. The van der Waals surface area contributed by atoms with E-state index in [1.165, 1.54) is 19.2 Å². The summed E-state index contributed by atoms with van der Waals surface area (Å²) in [5, 5.41) is 7.32. The van der Waals surface area contributed by atoms with Crippen LogP contribution in [0.4, 0.5) is 8.78 Å². The Balaban J connectivity index is 1.84. The molecule has 1 aliphatic rings. The van der Waals surface area contributed by atoms with Gasteiger partial charge >= 0.3 is 6.61 Å². The number of methoxy groups -OCH3 is 1. The number of aromatic nitrogens is 2. The molecule has 24 heavy (non-hydrogen) atoms. The van der Waals surface area contributed by atoms with Crippen molar-refractivity contribution in [2.75, 3.05) is 33.8 Å². The topological polar surface area (TPSA) is 72.7 Å². The maximum atomic E-state index is 12.4. The molecule has 1 aromatic carbocycles. The summed E-state index contributed by atoms with van der Waals surface area (Å²) in [6, 6.07) is 4.51. The number of hydrogen-bond acceptors (Lipinski definition) is 7. The molecule has 1 saturated heterocycles. The molecule has 0 aliphatic carbocycles. The largest absolute Gasteiger partial charge is 0.493 e. The number of alkyl halides is 2. The molecule has 0 bridgehead atoms. The van der Waals surface area contributed by atoms with Gasteiger partial charge in [-0.25, -0.2) is 0 Å². The molecule has 7 nitrogen and oxygen atoms in total. The van der Waals surface area contributed by atoms with Crippen LogP contribution in [0, 0.1) is 0 Å². The van der Waals surface area contributed by atoms with Gasteiger partial charge in [0.25, 0.3) is 5.89 Å². The average molecular weight is 340 g/mol. The number of hydrogen-bond donors (Lipinski definition) is 1. The lowest BCUT2D eigenvalue weighted by Gasteiger charge is -2.30. The van der Waals surface area contributed by atoms with Crippen LogP contribution in [0.15, 0.2) is 22.7 Å². The quantitative estimate of drug-likeness (QED) is 0.891. The molecule has 1 unspecified atom stereocenters. The van der Waals surface area contributed by atoms with E-state index in [0.29, 0.717) is 17.3 Å². The first-order valence-electron chi connectivity index (χ1n) is 7.46. The van der Waals surface area contributed by atoms with Crippen LogP contribution in [0.5, 0.6) is 11.5 Å². The third-order valence-electron chi connectivity index (χ3n) is 3.88. The first kappa shape index (κ1) is 16.6. The third-order valence-corrected chi connectivity index (χ3v) is 3.88. The van der Waals surface area contributed by atoms with Crippen LogP contribution in [0.1, 0.15) is 11.9 Å². The molecule has 9 heteroatoms.